The number of halogens is 1. The van der Waals surface area contributed by atoms with Gasteiger partial charge in [0, 0.05) is 30.2 Å². The summed E-state index contributed by atoms with van der Waals surface area (Å²) in [5.41, 5.74) is 8.77. The van der Waals surface area contributed by atoms with Crippen LogP contribution in [0.4, 0.5) is 10.1 Å². The van der Waals surface area contributed by atoms with Crippen LogP contribution in [0.5, 0.6) is 0 Å². The minimum Gasteiger partial charge on any atom is -0.334 e. The standard InChI is InChI=1S/C24H23FN4O2/c25-19-4-1-3-18(15-19)21-5-2-14-29(21)24(31)22(26)16-6-8-17(9-7-16)23(30)28-20-10-12-27-13-11-20/h1,3-4,6-13,15,21-22H,2,5,14,26H2,(H,27,28,30)/t21?,22-/m0/s1. The zero-order chi connectivity index (χ0) is 21.8. The molecule has 1 aromatic heterocycles. The van der Waals surface area contributed by atoms with Crippen molar-refractivity contribution in [3.05, 3.63) is 95.6 Å². The normalized spacial score (nSPS) is 16.7. The van der Waals surface area contributed by atoms with E-state index in [1.54, 1.807) is 59.8 Å². The third-order valence-electron chi connectivity index (χ3n) is 5.51. The van der Waals surface area contributed by atoms with E-state index in [2.05, 4.69) is 10.3 Å². The van der Waals surface area contributed by atoms with Crippen LogP contribution in [0.25, 0.3) is 0 Å². The van der Waals surface area contributed by atoms with Gasteiger partial charge < -0.3 is 16.0 Å². The second-order valence-electron chi connectivity index (χ2n) is 7.53. The van der Waals surface area contributed by atoms with Crippen LogP contribution in [0.15, 0.2) is 73.1 Å². The van der Waals surface area contributed by atoms with E-state index >= 15 is 0 Å². The van der Waals surface area contributed by atoms with Crippen molar-refractivity contribution in [1.29, 1.82) is 0 Å². The molecule has 1 unspecified atom stereocenters. The fourth-order valence-corrected chi connectivity index (χ4v) is 3.89. The van der Waals surface area contributed by atoms with Crippen LogP contribution in [0.2, 0.25) is 0 Å². The van der Waals surface area contributed by atoms with Crippen LogP contribution in [0, 0.1) is 5.82 Å². The predicted octanol–water partition coefficient (Wildman–Crippen LogP) is 3.84. The van der Waals surface area contributed by atoms with Crippen LogP contribution in [-0.4, -0.2) is 28.2 Å². The molecule has 0 bridgehead atoms. The molecule has 0 spiro atoms. The summed E-state index contributed by atoms with van der Waals surface area (Å²) in [5, 5.41) is 2.79. The van der Waals surface area contributed by atoms with Crippen LogP contribution in [0.1, 0.15) is 46.4 Å². The highest BCUT2D eigenvalue weighted by Crippen LogP contribution is 2.34. The van der Waals surface area contributed by atoms with Gasteiger partial charge in [0.05, 0.1) is 6.04 Å². The number of hydrogen-bond donors (Lipinski definition) is 2. The monoisotopic (exact) mass is 418 g/mol. The summed E-state index contributed by atoms with van der Waals surface area (Å²) < 4.78 is 13.6. The molecule has 2 amide bonds. The molecule has 1 aliphatic heterocycles. The Labute approximate surface area is 179 Å². The van der Waals surface area contributed by atoms with Crippen LogP contribution in [-0.2, 0) is 4.79 Å². The predicted molar refractivity (Wildman–Crippen MR) is 116 cm³/mol. The Balaban J connectivity index is 1.45. The lowest BCUT2D eigenvalue weighted by Gasteiger charge is -2.28. The molecule has 0 radical (unpaired) electrons. The van der Waals surface area contributed by atoms with Crippen molar-refractivity contribution in [2.24, 2.45) is 5.73 Å². The van der Waals surface area contributed by atoms with Gasteiger partial charge in [0.1, 0.15) is 11.9 Å². The zero-order valence-electron chi connectivity index (χ0n) is 16.9. The first-order valence-electron chi connectivity index (χ1n) is 10.2. The number of nitrogens with one attached hydrogen (secondary N) is 1. The summed E-state index contributed by atoms with van der Waals surface area (Å²) in [7, 11) is 0. The molecule has 2 heterocycles. The summed E-state index contributed by atoms with van der Waals surface area (Å²) >= 11 is 0. The van der Waals surface area contributed by atoms with Crippen molar-refractivity contribution < 1.29 is 14.0 Å². The molecular formula is C24H23FN4O2. The van der Waals surface area contributed by atoms with Crippen LogP contribution in [0.3, 0.4) is 0 Å². The molecule has 0 aliphatic carbocycles. The minimum absolute atomic E-state index is 0.181. The summed E-state index contributed by atoms with van der Waals surface area (Å²) in [6, 6.07) is 15.4. The summed E-state index contributed by atoms with van der Waals surface area (Å²) in [6.07, 6.45) is 4.81. The van der Waals surface area contributed by atoms with Gasteiger partial charge in [0.2, 0.25) is 5.91 Å². The van der Waals surface area contributed by atoms with E-state index < -0.39 is 6.04 Å². The molecule has 6 nitrogen and oxygen atoms in total. The summed E-state index contributed by atoms with van der Waals surface area (Å²) in [4.78, 5) is 31.1. The van der Waals surface area contributed by atoms with E-state index in [-0.39, 0.29) is 23.7 Å². The number of carbonyl (C=O) groups excluding carboxylic acids is 2. The number of rotatable bonds is 5. The van der Waals surface area contributed by atoms with Crippen molar-refractivity contribution >= 4 is 17.5 Å². The Hall–Kier alpha value is -3.58. The quantitative estimate of drug-likeness (QED) is 0.659. The van der Waals surface area contributed by atoms with Gasteiger partial charge in [-0.15, -0.1) is 0 Å². The van der Waals surface area contributed by atoms with Crippen molar-refractivity contribution in [3.63, 3.8) is 0 Å². The SMILES string of the molecule is N[C@H](C(=O)N1CCCC1c1cccc(F)c1)c1ccc(C(=O)Nc2ccncc2)cc1. The molecule has 2 atom stereocenters. The number of nitrogens with two attached hydrogens (primary N) is 1. The molecule has 4 rings (SSSR count). The maximum atomic E-state index is 13.6. The highest BCUT2D eigenvalue weighted by Gasteiger charge is 2.33. The van der Waals surface area contributed by atoms with Gasteiger partial charge >= 0.3 is 0 Å². The highest BCUT2D eigenvalue weighted by molar-refractivity contribution is 6.04. The Bertz CT molecular complexity index is 1070. The number of nitrogens with zero attached hydrogens (tertiary/aromatic N) is 2. The second kappa shape index (κ2) is 9.06. The highest BCUT2D eigenvalue weighted by atomic mass is 19.1. The average molecular weight is 418 g/mol. The number of amides is 2. The molecule has 3 N–H and O–H groups in total. The van der Waals surface area contributed by atoms with E-state index in [1.807, 2.05) is 6.07 Å². The van der Waals surface area contributed by atoms with Crippen molar-refractivity contribution in [3.8, 4) is 0 Å². The number of benzene rings is 2. The molecule has 0 saturated carbocycles. The Morgan fingerprint density at radius 3 is 2.55 bits per heavy atom. The molecule has 158 valence electrons. The number of likely N-dealkylation sites (tertiary alicyclic amines) is 1. The Morgan fingerprint density at radius 2 is 1.84 bits per heavy atom. The van der Waals surface area contributed by atoms with Crippen molar-refractivity contribution in [1.82, 2.24) is 9.88 Å². The third kappa shape index (κ3) is 4.62. The Morgan fingerprint density at radius 1 is 1.10 bits per heavy atom. The molecular weight excluding hydrogens is 395 g/mol. The lowest BCUT2D eigenvalue weighted by atomic mass is 10.0. The number of aromatic nitrogens is 1. The third-order valence-corrected chi connectivity index (χ3v) is 5.51. The van der Waals surface area contributed by atoms with Gasteiger partial charge in [-0.1, -0.05) is 24.3 Å². The molecule has 2 aromatic carbocycles. The molecule has 3 aromatic rings. The van der Waals surface area contributed by atoms with Crippen LogP contribution >= 0.6 is 0 Å². The average Bonchev–Trinajstić information content (AvgIpc) is 3.29. The van der Waals surface area contributed by atoms with Gasteiger partial charge in [0.25, 0.3) is 5.91 Å². The molecule has 7 heteroatoms. The lowest BCUT2D eigenvalue weighted by molar-refractivity contribution is -0.133. The number of carbonyl (C=O) groups is 2. The zero-order valence-corrected chi connectivity index (χ0v) is 16.9. The fraction of sp³-hybridized carbons (Fsp3) is 0.208. The van der Waals surface area contributed by atoms with Gasteiger partial charge in [0.15, 0.2) is 0 Å². The van der Waals surface area contributed by atoms with E-state index in [1.165, 1.54) is 12.1 Å². The summed E-state index contributed by atoms with van der Waals surface area (Å²) in [6.45, 7) is 0.583. The maximum absolute atomic E-state index is 13.6. The summed E-state index contributed by atoms with van der Waals surface area (Å²) in [5.74, 6) is -0.786. The first-order valence-corrected chi connectivity index (χ1v) is 10.2. The maximum Gasteiger partial charge on any atom is 0.255 e. The van der Waals surface area contributed by atoms with Crippen LogP contribution < -0.4 is 11.1 Å². The number of pyridine rings is 1. The smallest absolute Gasteiger partial charge is 0.255 e. The second-order valence-corrected chi connectivity index (χ2v) is 7.53. The number of anilines is 1. The number of hydrogen-bond acceptors (Lipinski definition) is 4. The first-order chi connectivity index (χ1) is 15.0. The Kier molecular flexibility index (Phi) is 6.04. The lowest BCUT2D eigenvalue weighted by Crippen LogP contribution is -2.38. The van der Waals surface area contributed by atoms with E-state index in [0.717, 1.165) is 18.4 Å². The molecule has 1 fully saturated rings. The van der Waals surface area contributed by atoms with Crippen molar-refractivity contribution in [2.45, 2.75) is 24.9 Å². The first kappa shape index (κ1) is 20.7. The fourth-order valence-electron chi connectivity index (χ4n) is 3.89. The minimum atomic E-state index is -0.855. The molecule has 1 aliphatic rings. The van der Waals surface area contributed by atoms with Gasteiger partial charge in [-0.2, -0.15) is 0 Å². The van der Waals surface area contributed by atoms with Gasteiger partial charge in [-0.3, -0.25) is 14.6 Å². The van der Waals surface area contributed by atoms with E-state index in [9.17, 15) is 14.0 Å². The van der Waals surface area contributed by atoms with Gasteiger partial charge in [-0.25, -0.2) is 4.39 Å². The molecule has 1 saturated heterocycles. The largest absolute Gasteiger partial charge is 0.334 e. The topological polar surface area (TPSA) is 88.3 Å². The van der Waals surface area contributed by atoms with Crippen molar-refractivity contribution in [2.75, 3.05) is 11.9 Å². The molecule has 31 heavy (non-hydrogen) atoms. The van der Waals surface area contributed by atoms with E-state index in [0.29, 0.717) is 23.4 Å². The van der Waals surface area contributed by atoms with Gasteiger partial charge in [-0.05, 0) is 60.4 Å². The van der Waals surface area contributed by atoms with E-state index in [4.69, 9.17) is 5.73 Å².